The van der Waals surface area contributed by atoms with Crippen molar-refractivity contribution in [2.24, 2.45) is 0 Å². The average molecular weight is 323 g/mol. The molecule has 0 aliphatic heterocycles. The van der Waals surface area contributed by atoms with Crippen molar-refractivity contribution in [3.8, 4) is 0 Å². The predicted octanol–water partition coefficient (Wildman–Crippen LogP) is 2.53. The standard InChI is InChI=1S/C19H21N3O2/c1-20-10-5-11-22-15-9-8-14(21-2)16-17(15)19(24)13-7-4-3-6-12(13)18(16)23/h3-4,6-9,20-22H,5,10-11H2,1-2H3. The first-order valence-electron chi connectivity index (χ1n) is 8.10. The summed E-state index contributed by atoms with van der Waals surface area (Å²) in [6.45, 7) is 1.62. The molecule has 0 fully saturated rings. The van der Waals surface area contributed by atoms with Gasteiger partial charge in [-0.15, -0.1) is 0 Å². The molecule has 2 aromatic rings. The minimum Gasteiger partial charge on any atom is -0.388 e. The van der Waals surface area contributed by atoms with Gasteiger partial charge in [0.15, 0.2) is 11.6 Å². The lowest BCUT2D eigenvalue weighted by Crippen LogP contribution is -2.24. The lowest BCUT2D eigenvalue weighted by atomic mass is 9.82. The van der Waals surface area contributed by atoms with Crippen LogP contribution in [0.3, 0.4) is 0 Å². The van der Waals surface area contributed by atoms with Gasteiger partial charge in [-0.25, -0.2) is 0 Å². The second-order valence-corrected chi connectivity index (χ2v) is 5.75. The molecule has 5 heteroatoms. The summed E-state index contributed by atoms with van der Waals surface area (Å²) in [6.07, 6.45) is 0.928. The van der Waals surface area contributed by atoms with E-state index in [-0.39, 0.29) is 11.6 Å². The number of carbonyl (C=O) groups is 2. The molecule has 0 atom stereocenters. The number of nitrogens with one attached hydrogen (secondary N) is 3. The van der Waals surface area contributed by atoms with Gasteiger partial charge in [-0.3, -0.25) is 9.59 Å². The van der Waals surface area contributed by atoms with Crippen molar-refractivity contribution in [2.75, 3.05) is 37.8 Å². The fraction of sp³-hybridized carbons (Fsp3) is 0.263. The maximum Gasteiger partial charge on any atom is 0.196 e. The molecule has 124 valence electrons. The molecule has 0 amide bonds. The van der Waals surface area contributed by atoms with Gasteiger partial charge in [0.1, 0.15) is 0 Å². The summed E-state index contributed by atoms with van der Waals surface area (Å²) >= 11 is 0. The minimum atomic E-state index is -0.108. The molecule has 0 unspecified atom stereocenters. The van der Waals surface area contributed by atoms with Crippen molar-refractivity contribution >= 4 is 22.9 Å². The van der Waals surface area contributed by atoms with Crippen LogP contribution in [-0.2, 0) is 0 Å². The summed E-state index contributed by atoms with van der Waals surface area (Å²) in [7, 11) is 3.66. The van der Waals surface area contributed by atoms with Crippen LogP contribution in [-0.4, -0.2) is 38.8 Å². The number of ketones is 2. The van der Waals surface area contributed by atoms with E-state index in [0.717, 1.165) is 19.5 Å². The molecule has 0 radical (unpaired) electrons. The van der Waals surface area contributed by atoms with Gasteiger partial charge in [0.05, 0.1) is 11.1 Å². The Balaban J connectivity index is 2.07. The van der Waals surface area contributed by atoms with Gasteiger partial charge in [-0.05, 0) is 32.1 Å². The van der Waals surface area contributed by atoms with Crippen molar-refractivity contribution in [1.82, 2.24) is 5.32 Å². The van der Waals surface area contributed by atoms with E-state index in [9.17, 15) is 9.59 Å². The zero-order valence-corrected chi connectivity index (χ0v) is 13.9. The van der Waals surface area contributed by atoms with Gasteiger partial charge >= 0.3 is 0 Å². The molecule has 1 aliphatic rings. The highest BCUT2D eigenvalue weighted by Gasteiger charge is 2.33. The average Bonchev–Trinajstić information content (AvgIpc) is 2.62. The van der Waals surface area contributed by atoms with Crippen LogP contribution in [0.15, 0.2) is 36.4 Å². The Labute approximate surface area is 141 Å². The molecular weight excluding hydrogens is 302 g/mol. The van der Waals surface area contributed by atoms with Gasteiger partial charge in [-0.1, -0.05) is 24.3 Å². The lowest BCUT2D eigenvalue weighted by Gasteiger charge is -2.23. The topological polar surface area (TPSA) is 70.2 Å². The third-order valence-electron chi connectivity index (χ3n) is 4.26. The van der Waals surface area contributed by atoms with E-state index in [1.54, 1.807) is 31.3 Å². The van der Waals surface area contributed by atoms with Crippen LogP contribution in [0.2, 0.25) is 0 Å². The highest BCUT2D eigenvalue weighted by Crippen LogP contribution is 2.36. The van der Waals surface area contributed by atoms with Crippen LogP contribution in [0, 0.1) is 0 Å². The molecular formula is C19H21N3O2. The molecule has 0 spiro atoms. The Morgan fingerprint density at radius 2 is 1.38 bits per heavy atom. The van der Waals surface area contributed by atoms with Crippen LogP contribution >= 0.6 is 0 Å². The molecule has 0 saturated carbocycles. The van der Waals surface area contributed by atoms with E-state index in [4.69, 9.17) is 0 Å². The third kappa shape index (κ3) is 2.67. The monoisotopic (exact) mass is 323 g/mol. The minimum absolute atomic E-state index is 0.103. The van der Waals surface area contributed by atoms with Gasteiger partial charge in [0.25, 0.3) is 0 Å². The number of fused-ring (bicyclic) bond motifs is 2. The summed E-state index contributed by atoms with van der Waals surface area (Å²) in [5.41, 5.74) is 3.27. The number of hydrogen-bond donors (Lipinski definition) is 3. The fourth-order valence-corrected chi connectivity index (χ4v) is 3.07. The van der Waals surface area contributed by atoms with Crippen molar-refractivity contribution in [3.05, 3.63) is 58.7 Å². The normalized spacial score (nSPS) is 12.6. The molecule has 0 bridgehead atoms. The number of hydrogen-bond acceptors (Lipinski definition) is 5. The lowest BCUT2D eigenvalue weighted by molar-refractivity contribution is 0.0980. The van der Waals surface area contributed by atoms with Crippen LogP contribution in [0.25, 0.3) is 0 Å². The number of carbonyl (C=O) groups excluding carboxylic acids is 2. The first-order chi connectivity index (χ1) is 11.7. The van der Waals surface area contributed by atoms with Crippen LogP contribution in [0.1, 0.15) is 38.3 Å². The third-order valence-corrected chi connectivity index (χ3v) is 4.26. The first kappa shape index (κ1) is 16.2. The molecule has 3 rings (SSSR count). The van der Waals surface area contributed by atoms with E-state index in [2.05, 4.69) is 16.0 Å². The quantitative estimate of drug-likeness (QED) is 0.608. The summed E-state index contributed by atoms with van der Waals surface area (Å²) in [5.74, 6) is -0.211. The smallest absolute Gasteiger partial charge is 0.196 e. The van der Waals surface area contributed by atoms with E-state index in [1.165, 1.54) is 0 Å². The molecule has 5 nitrogen and oxygen atoms in total. The first-order valence-corrected chi connectivity index (χ1v) is 8.10. The Morgan fingerprint density at radius 3 is 1.96 bits per heavy atom. The van der Waals surface area contributed by atoms with Crippen LogP contribution < -0.4 is 16.0 Å². The van der Waals surface area contributed by atoms with Crippen molar-refractivity contribution in [1.29, 1.82) is 0 Å². The van der Waals surface area contributed by atoms with Gasteiger partial charge < -0.3 is 16.0 Å². The van der Waals surface area contributed by atoms with Gasteiger partial charge in [0.2, 0.25) is 0 Å². The second-order valence-electron chi connectivity index (χ2n) is 5.75. The summed E-state index contributed by atoms with van der Waals surface area (Å²) in [6, 6.07) is 10.7. The van der Waals surface area contributed by atoms with Crippen LogP contribution in [0.5, 0.6) is 0 Å². The molecule has 0 saturated heterocycles. The Morgan fingerprint density at radius 1 is 0.792 bits per heavy atom. The number of anilines is 2. The predicted molar refractivity (Wildman–Crippen MR) is 96.3 cm³/mol. The summed E-state index contributed by atoms with van der Waals surface area (Å²) in [5, 5.41) is 9.42. The van der Waals surface area contributed by atoms with Gasteiger partial charge in [0, 0.05) is 36.1 Å². The Hall–Kier alpha value is -2.66. The zero-order chi connectivity index (χ0) is 17.1. The highest BCUT2D eigenvalue weighted by molar-refractivity contribution is 6.31. The molecule has 3 N–H and O–H groups in total. The number of benzene rings is 2. The number of rotatable bonds is 6. The van der Waals surface area contributed by atoms with Crippen molar-refractivity contribution < 1.29 is 9.59 Å². The van der Waals surface area contributed by atoms with Crippen LogP contribution in [0.4, 0.5) is 11.4 Å². The van der Waals surface area contributed by atoms with Gasteiger partial charge in [-0.2, -0.15) is 0 Å². The molecule has 24 heavy (non-hydrogen) atoms. The van der Waals surface area contributed by atoms with E-state index >= 15 is 0 Å². The largest absolute Gasteiger partial charge is 0.388 e. The van der Waals surface area contributed by atoms with E-state index in [1.807, 2.05) is 19.2 Å². The molecule has 1 aliphatic carbocycles. The summed E-state index contributed by atoms with van der Waals surface area (Å²) < 4.78 is 0. The molecule has 2 aromatic carbocycles. The van der Waals surface area contributed by atoms with Crippen molar-refractivity contribution in [3.63, 3.8) is 0 Å². The molecule has 0 heterocycles. The SMILES string of the molecule is CNCCCNc1ccc(NC)c2c1C(=O)c1ccccc1C2=O. The zero-order valence-electron chi connectivity index (χ0n) is 13.9. The second kappa shape index (κ2) is 6.84. The maximum atomic E-state index is 13.0. The Bertz CT molecular complexity index is 799. The van der Waals surface area contributed by atoms with E-state index in [0.29, 0.717) is 33.6 Å². The van der Waals surface area contributed by atoms with Crippen molar-refractivity contribution in [2.45, 2.75) is 6.42 Å². The fourth-order valence-electron chi connectivity index (χ4n) is 3.07. The summed E-state index contributed by atoms with van der Waals surface area (Å²) in [4.78, 5) is 25.9. The molecule has 0 aromatic heterocycles. The Kier molecular flexibility index (Phi) is 4.62. The highest BCUT2D eigenvalue weighted by atomic mass is 16.1. The maximum absolute atomic E-state index is 13.0. The van der Waals surface area contributed by atoms with E-state index < -0.39 is 0 Å².